The Kier molecular flexibility index (Phi) is 65.2. The van der Waals surface area contributed by atoms with Gasteiger partial charge < -0.3 is 28.4 Å². The Hall–Kier alpha value is -3.18. The third kappa shape index (κ3) is 53.7. The third-order valence-corrected chi connectivity index (χ3v) is 20.0. The molecule has 1 aliphatic carbocycles. The number of hydrogen-bond donors (Lipinski definition) is 0. The molecule has 0 aromatic heterocycles. The van der Waals surface area contributed by atoms with Crippen LogP contribution in [0.1, 0.15) is 465 Å². The summed E-state index contributed by atoms with van der Waals surface area (Å²) < 4.78 is 39.3. The summed E-state index contributed by atoms with van der Waals surface area (Å²) >= 11 is 0. The van der Waals surface area contributed by atoms with Gasteiger partial charge in [0.1, 0.15) is 0 Å². The predicted octanol–water partition coefficient (Wildman–Crippen LogP) is 25.3. The Labute approximate surface area is 592 Å². The fraction of sp³-hybridized carbons (Fsp3) is 0.929. The SMILES string of the molecule is CCCCCCCCCCCCC(=O)OC1C(OC(=O)CCCCCCCCCCCC)C(OC(=O)CCCCCCCCCCCC)C(OC(=O)CCCCCCCCCCCC)C(OC(=O)CCCCCCCCCCCC)C1OC(=O)CCCCCCCCCCCC. The van der Waals surface area contributed by atoms with Crippen LogP contribution in [0.25, 0.3) is 0 Å². The number of carbonyl (C=O) groups excluding carboxylic acids is 6. The summed E-state index contributed by atoms with van der Waals surface area (Å²) in [6, 6.07) is 0. The van der Waals surface area contributed by atoms with Crippen molar-refractivity contribution in [2.24, 2.45) is 0 Å². The van der Waals surface area contributed by atoms with E-state index < -0.39 is 72.4 Å². The van der Waals surface area contributed by atoms with Gasteiger partial charge in [-0.1, -0.05) is 388 Å². The molecular formula is C84H156O12. The number of carbonyl (C=O) groups is 6. The fourth-order valence-electron chi connectivity index (χ4n) is 13.7. The van der Waals surface area contributed by atoms with E-state index in [1.165, 1.54) is 193 Å². The maximum atomic E-state index is 14.6. The number of unbranched alkanes of at least 4 members (excludes halogenated alkanes) is 54. The molecule has 0 aromatic rings. The zero-order chi connectivity index (χ0) is 69.8. The Morgan fingerprint density at radius 1 is 0.146 bits per heavy atom. The number of hydrogen-bond acceptors (Lipinski definition) is 12. The molecule has 0 spiro atoms. The van der Waals surface area contributed by atoms with Crippen LogP contribution < -0.4 is 0 Å². The van der Waals surface area contributed by atoms with Crippen molar-refractivity contribution in [3.63, 3.8) is 0 Å². The van der Waals surface area contributed by atoms with Gasteiger partial charge in [-0.2, -0.15) is 0 Å². The van der Waals surface area contributed by atoms with Crippen molar-refractivity contribution >= 4 is 35.8 Å². The summed E-state index contributed by atoms with van der Waals surface area (Å²) in [5.74, 6) is -3.54. The summed E-state index contributed by atoms with van der Waals surface area (Å²) in [5.41, 5.74) is 0. The molecule has 12 heteroatoms. The largest absolute Gasteiger partial charge is 0.454 e. The van der Waals surface area contributed by atoms with Crippen LogP contribution in [-0.4, -0.2) is 72.4 Å². The highest BCUT2D eigenvalue weighted by atomic mass is 16.7. The third-order valence-electron chi connectivity index (χ3n) is 20.0. The van der Waals surface area contributed by atoms with Crippen LogP contribution in [0.5, 0.6) is 0 Å². The first kappa shape index (κ1) is 90.8. The lowest BCUT2D eigenvalue weighted by molar-refractivity contribution is -0.262. The first-order valence-corrected chi connectivity index (χ1v) is 42.2. The van der Waals surface area contributed by atoms with Crippen molar-refractivity contribution < 1.29 is 57.2 Å². The first-order chi connectivity index (χ1) is 47.1. The van der Waals surface area contributed by atoms with Gasteiger partial charge in [0, 0.05) is 38.5 Å². The maximum absolute atomic E-state index is 14.6. The minimum Gasteiger partial charge on any atom is -0.454 e. The Bertz CT molecular complexity index is 1450. The van der Waals surface area contributed by atoms with Gasteiger partial charge in [0.2, 0.25) is 0 Å². The lowest BCUT2D eigenvalue weighted by atomic mass is 9.83. The van der Waals surface area contributed by atoms with Crippen molar-refractivity contribution in [2.75, 3.05) is 0 Å². The average Bonchev–Trinajstić information content (AvgIpc) is 0.760. The van der Waals surface area contributed by atoms with E-state index in [0.717, 1.165) is 154 Å². The molecule has 0 N–H and O–H groups in total. The number of rotatable bonds is 72. The van der Waals surface area contributed by atoms with Crippen LogP contribution in [0.4, 0.5) is 0 Å². The van der Waals surface area contributed by atoms with E-state index in [1.807, 2.05) is 0 Å². The minimum absolute atomic E-state index is 0.0508. The molecule has 0 radical (unpaired) electrons. The van der Waals surface area contributed by atoms with E-state index in [2.05, 4.69) is 41.5 Å². The van der Waals surface area contributed by atoms with Gasteiger partial charge in [-0.15, -0.1) is 0 Å². The summed E-state index contributed by atoms with van der Waals surface area (Å²) in [4.78, 5) is 87.4. The molecular weight excluding hydrogens is 1200 g/mol. The second-order valence-corrected chi connectivity index (χ2v) is 29.3. The predicted molar refractivity (Wildman–Crippen MR) is 398 cm³/mol. The smallest absolute Gasteiger partial charge is 0.306 e. The van der Waals surface area contributed by atoms with E-state index in [-0.39, 0.29) is 38.5 Å². The van der Waals surface area contributed by atoms with Crippen molar-refractivity contribution in [3.05, 3.63) is 0 Å². The summed E-state index contributed by atoms with van der Waals surface area (Å²) in [7, 11) is 0. The van der Waals surface area contributed by atoms with E-state index in [1.54, 1.807) is 0 Å². The lowest BCUT2D eigenvalue weighted by Crippen LogP contribution is -2.69. The highest BCUT2D eigenvalue weighted by Gasteiger charge is 2.61. The second-order valence-electron chi connectivity index (χ2n) is 29.3. The molecule has 1 fully saturated rings. The molecule has 0 aromatic carbocycles. The Morgan fingerprint density at radius 2 is 0.229 bits per heavy atom. The number of ether oxygens (including phenoxy) is 6. The molecule has 1 rings (SSSR count). The van der Waals surface area contributed by atoms with Crippen LogP contribution in [-0.2, 0) is 57.2 Å². The van der Waals surface area contributed by atoms with Gasteiger partial charge in [-0.3, -0.25) is 28.8 Å². The van der Waals surface area contributed by atoms with Gasteiger partial charge in [0.15, 0.2) is 36.6 Å². The van der Waals surface area contributed by atoms with Gasteiger partial charge in [0.05, 0.1) is 0 Å². The first-order valence-electron chi connectivity index (χ1n) is 42.2. The highest BCUT2D eigenvalue weighted by Crippen LogP contribution is 2.37. The Balaban J connectivity index is 3.93. The second kappa shape index (κ2) is 68.9. The van der Waals surface area contributed by atoms with Crippen LogP contribution >= 0.6 is 0 Å². The molecule has 0 atom stereocenters. The van der Waals surface area contributed by atoms with Crippen molar-refractivity contribution in [1.82, 2.24) is 0 Å². The van der Waals surface area contributed by atoms with Gasteiger partial charge >= 0.3 is 35.8 Å². The maximum Gasteiger partial charge on any atom is 0.306 e. The standard InChI is InChI=1S/C84H156O12/c1-7-13-19-25-31-37-43-49-55-61-67-73(85)91-79-80(92-74(86)68-62-56-50-44-38-32-26-20-14-8-2)82(94-76(88)70-64-58-52-46-40-34-28-22-16-10-4)84(96-78(90)72-66-60-54-48-42-36-30-24-18-12-6)83(95-77(89)71-65-59-53-47-41-35-29-23-17-11-5)81(79)93-75(87)69-63-57-51-45-39-33-27-21-15-9-3/h79-84H,7-72H2,1-6H3. The van der Waals surface area contributed by atoms with E-state index in [0.29, 0.717) is 38.5 Å². The molecule has 1 saturated carbocycles. The van der Waals surface area contributed by atoms with E-state index in [4.69, 9.17) is 28.4 Å². The molecule has 12 nitrogen and oxygen atoms in total. The zero-order valence-electron chi connectivity index (χ0n) is 64.0. The molecule has 96 heavy (non-hydrogen) atoms. The van der Waals surface area contributed by atoms with Crippen molar-refractivity contribution in [1.29, 1.82) is 0 Å². The molecule has 0 unspecified atom stereocenters. The molecule has 0 aliphatic heterocycles. The quantitative estimate of drug-likeness (QED) is 0.0323. The van der Waals surface area contributed by atoms with E-state index >= 15 is 0 Å². The molecule has 564 valence electrons. The van der Waals surface area contributed by atoms with Crippen molar-refractivity contribution in [3.8, 4) is 0 Å². The monoisotopic (exact) mass is 1360 g/mol. The van der Waals surface area contributed by atoms with Crippen LogP contribution in [0.2, 0.25) is 0 Å². The molecule has 1 aliphatic rings. The van der Waals surface area contributed by atoms with Crippen molar-refractivity contribution in [2.45, 2.75) is 502 Å². The molecule has 0 bridgehead atoms. The van der Waals surface area contributed by atoms with Gasteiger partial charge in [-0.05, 0) is 38.5 Å². The molecule has 0 heterocycles. The van der Waals surface area contributed by atoms with Crippen LogP contribution in [0.15, 0.2) is 0 Å². The van der Waals surface area contributed by atoms with Crippen LogP contribution in [0, 0.1) is 0 Å². The minimum atomic E-state index is -1.56. The lowest BCUT2D eigenvalue weighted by Gasteiger charge is -2.47. The van der Waals surface area contributed by atoms with Gasteiger partial charge in [0.25, 0.3) is 0 Å². The highest BCUT2D eigenvalue weighted by molar-refractivity contribution is 5.74. The molecule has 0 saturated heterocycles. The summed E-state index contributed by atoms with van der Waals surface area (Å²) in [5, 5.41) is 0. The Morgan fingerprint density at radius 3 is 0.323 bits per heavy atom. The fourth-order valence-corrected chi connectivity index (χ4v) is 13.7. The van der Waals surface area contributed by atoms with E-state index in [9.17, 15) is 28.8 Å². The summed E-state index contributed by atoms with van der Waals surface area (Å²) in [6.07, 6.45) is 55.5. The number of esters is 6. The molecule has 0 amide bonds. The zero-order valence-corrected chi connectivity index (χ0v) is 64.0. The summed E-state index contributed by atoms with van der Waals surface area (Å²) in [6.45, 7) is 13.4. The topological polar surface area (TPSA) is 158 Å². The normalized spacial score (nSPS) is 16.9. The van der Waals surface area contributed by atoms with Gasteiger partial charge in [-0.25, -0.2) is 0 Å². The van der Waals surface area contributed by atoms with Crippen LogP contribution in [0.3, 0.4) is 0 Å². The average molecular weight is 1360 g/mol.